The Morgan fingerprint density at radius 3 is 2.67 bits per heavy atom. The van der Waals surface area contributed by atoms with Gasteiger partial charge in [0, 0.05) is 30.9 Å². The van der Waals surface area contributed by atoms with E-state index in [-0.39, 0.29) is 17.3 Å². The maximum atomic E-state index is 10.8. The Morgan fingerprint density at radius 2 is 2.10 bits per heavy atom. The summed E-state index contributed by atoms with van der Waals surface area (Å²) in [6, 6.07) is 8.74. The van der Waals surface area contributed by atoms with Crippen molar-refractivity contribution in [2.75, 3.05) is 25.0 Å². The number of piperidine rings is 1. The summed E-state index contributed by atoms with van der Waals surface area (Å²) in [5.74, 6) is 0. The van der Waals surface area contributed by atoms with Crippen LogP contribution in [0.15, 0.2) is 18.2 Å². The van der Waals surface area contributed by atoms with Crippen molar-refractivity contribution in [3.05, 3.63) is 33.9 Å². The van der Waals surface area contributed by atoms with Gasteiger partial charge in [-0.25, -0.2) is 0 Å². The number of benzene rings is 1. The van der Waals surface area contributed by atoms with Crippen LogP contribution in [-0.4, -0.2) is 35.5 Å². The lowest BCUT2D eigenvalue weighted by Crippen LogP contribution is -2.39. The van der Waals surface area contributed by atoms with Crippen LogP contribution in [-0.2, 0) is 0 Å². The minimum atomic E-state index is -0.553. The molecule has 21 heavy (non-hydrogen) atoms. The minimum absolute atomic E-state index is 0.0620. The van der Waals surface area contributed by atoms with Gasteiger partial charge in [-0.2, -0.15) is 10.5 Å². The average Bonchev–Trinajstić information content (AvgIpc) is 2.49. The molecule has 0 amide bonds. The lowest BCUT2D eigenvalue weighted by molar-refractivity contribution is -0.385. The minimum Gasteiger partial charge on any atom is -0.382 e. The molecule has 0 atom stereocenters. The normalized spacial score (nSPS) is 15.9. The third-order valence-electron chi connectivity index (χ3n) is 3.57. The Morgan fingerprint density at radius 1 is 1.38 bits per heavy atom. The van der Waals surface area contributed by atoms with Gasteiger partial charge in [0.2, 0.25) is 0 Å². The molecule has 0 saturated carbocycles. The quantitative estimate of drug-likeness (QED) is 0.514. The first-order valence-corrected chi connectivity index (χ1v) is 6.68. The van der Waals surface area contributed by atoms with E-state index in [1.54, 1.807) is 6.07 Å². The Hall–Kier alpha value is -2.64. The Labute approximate surface area is 122 Å². The van der Waals surface area contributed by atoms with Crippen LogP contribution in [0.1, 0.15) is 18.4 Å². The maximum Gasteiger partial charge on any atom is 0.287 e. The molecule has 0 aliphatic carbocycles. The second-order valence-corrected chi connectivity index (χ2v) is 4.95. The molecular weight excluding hydrogens is 270 g/mol. The zero-order valence-electron chi connectivity index (χ0n) is 11.5. The second kappa shape index (κ2) is 6.69. The van der Waals surface area contributed by atoms with Gasteiger partial charge in [-0.1, -0.05) is 0 Å². The highest BCUT2D eigenvalue weighted by atomic mass is 16.6. The Kier molecular flexibility index (Phi) is 4.70. The molecule has 0 radical (unpaired) electrons. The number of anilines is 1. The molecule has 0 bridgehead atoms. The molecule has 1 aromatic rings. The molecule has 1 aliphatic heterocycles. The van der Waals surface area contributed by atoms with Gasteiger partial charge in [0.05, 0.1) is 17.5 Å². The summed E-state index contributed by atoms with van der Waals surface area (Å²) >= 11 is 0. The summed E-state index contributed by atoms with van der Waals surface area (Å²) in [6.45, 7) is 2.15. The monoisotopic (exact) mass is 285 g/mol. The lowest BCUT2D eigenvalue weighted by Gasteiger charge is -2.31. The highest BCUT2D eigenvalue weighted by Gasteiger charge is 2.20. The van der Waals surface area contributed by atoms with Crippen molar-refractivity contribution < 1.29 is 4.92 Å². The lowest BCUT2D eigenvalue weighted by atomic mass is 10.0. The molecule has 1 aromatic carbocycles. The molecule has 0 spiro atoms. The standard InChI is InChI=1S/C14H15N5O2/c15-5-8-18-6-3-12(4-7-18)17-13-1-2-14(19(20)21)11(9-13)10-16/h1-2,9,12,17H,3-4,6-8H2. The first kappa shape index (κ1) is 14.8. The van der Waals surface area contributed by atoms with Gasteiger partial charge >= 0.3 is 0 Å². The van der Waals surface area contributed by atoms with Gasteiger partial charge in [0.1, 0.15) is 11.6 Å². The molecule has 1 fully saturated rings. The number of hydrogen-bond acceptors (Lipinski definition) is 6. The summed E-state index contributed by atoms with van der Waals surface area (Å²) in [6.07, 6.45) is 1.81. The van der Waals surface area contributed by atoms with Gasteiger partial charge < -0.3 is 5.32 Å². The van der Waals surface area contributed by atoms with Crippen molar-refractivity contribution in [3.63, 3.8) is 0 Å². The second-order valence-electron chi connectivity index (χ2n) is 4.95. The van der Waals surface area contributed by atoms with Crippen molar-refractivity contribution >= 4 is 11.4 Å². The average molecular weight is 285 g/mol. The van der Waals surface area contributed by atoms with Crippen LogP contribution in [0, 0.1) is 32.8 Å². The van der Waals surface area contributed by atoms with Crippen LogP contribution in [0.2, 0.25) is 0 Å². The van der Waals surface area contributed by atoms with Crippen LogP contribution in [0.4, 0.5) is 11.4 Å². The number of nitrogens with zero attached hydrogens (tertiary/aromatic N) is 4. The highest BCUT2D eigenvalue weighted by molar-refractivity contribution is 5.59. The molecule has 1 aliphatic rings. The maximum absolute atomic E-state index is 10.8. The summed E-state index contributed by atoms with van der Waals surface area (Å²) in [7, 11) is 0. The molecule has 2 rings (SSSR count). The first-order valence-electron chi connectivity index (χ1n) is 6.68. The fourth-order valence-electron chi connectivity index (χ4n) is 2.45. The number of likely N-dealkylation sites (tertiary alicyclic amines) is 1. The van der Waals surface area contributed by atoms with Gasteiger partial charge in [-0.05, 0) is 25.0 Å². The van der Waals surface area contributed by atoms with E-state index in [1.807, 2.05) is 6.07 Å². The van der Waals surface area contributed by atoms with Gasteiger partial charge in [-0.3, -0.25) is 15.0 Å². The number of nitriles is 2. The van der Waals surface area contributed by atoms with Crippen LogP contribution in [0.3, 0.4) is 0 Å². The molecule has 7 nitrogen and oxygen atoms in total. The van der Waals surface area contributed by atoms with Crippen LogP contribution < -0.4 is 5.32 Å². The van der Waals surface area contributed by atoms with E-state index < -0.39 is 4.92 Å². The molecule has 108 valence electrons. The van der Waals surface area contributed by atoms with E-state index in [1.165, 1.54) is 12.1 Å². The third-order valence-corrected chi connectivity index (χ3v) is 3.57. The Balaban J connectivity index is 2.00. The smallest absolute Gasteiger partial charge is 0.287 e. The van der Waals surface area contributed by atoms with E-state index in [0.717, 1.165) is 31.6 Å². The van der Waals surface area contributed by atoms with Crippen LogP contribution >= 0.6 is 0 Å². The van der Waals surface area contributed by atoms with Gasteiger partial charge in [-0.15, -0.1) is 0 Å². The SMILES string of the molecule is N#CCN1CCC(Nc2ccc([N+](=O)[O-])c(C#N)c2)CC1. The van der Waals surface area contributed by atoms with E-state index in [4.69, 9.17) is 10.5 Å². The van der Waals surface area contributed by atoms with Crippen LogP contribution in [0.5, 0.6) is 0 Å². The number of nitro benzene ring substituents is 1. The van der Waals surface area contributed by atoms with Crippen molar-refractivity contribution in [1.29, 1.82) is 10.5 Å². The largest absolute Gasteiger partial charge is 0.382 e. The van der Waals surface area contributed by atoms with Crippen molar-refractivity contribution in [1.82, 2.24) is 4.90 Å². The van der Waals surface area contributed by atoms with Gasteiger partial charge in [0.25, 0.3) is 5.69 Å². The fourth-order valence-corrected chi connectivity index (χ4v) is 2.45. The molecule has 0 aromatic heterocycles. The zero-order chi connectivity index (χ0) is 15.2. The summed E-state index contributed by atoms with van der Waals surface area (Å²) in [5.41, 5.74) is 0.606. The molecular formula is C14H15N5O2. The highest BCUT2D eigenvalue weighted by Crippen LogP contribution is 2.23. The molecule has 1 heterocycles. The molecule has 7 heteroatoms. The summed E-state index contributed by atoms with van der Waals surface area (Å²) < 4.78 is 0. The molecule has 1 saturated heterocycles. The number of hydrogen-bond donors (Lipinski definition) is 1. The van der Waals surface area contributed by atoms with Crippen molar-refractivity contribution in [3.8, 4) is 12.1 Å². The van der Waals surface area contributed by atoms with E-state index in [9.17, 15) is 10.1 Å². The predicted octanol–water partition coefficient (Wildman–Crippen LogP) is 1.87. The van der Waals surface area contributed by atoms with Gasteiger partial charge in [0.15, 0.2) is 0 Å². The third kappa shape index (κ3) is 3.68. The van der Waals surface area contributed by atoms with Crippen molar-refractivity contribution in [2.24, 2.45) is 0 Å². The number of nitro groups is 1. The van der Waals surface area contributed by atoms with Crippen molar-refractivity contribution in [2.45, 2.75) is 18.9 Å². The predicted molar refractivity (Wildman–Crippen MR) is 76.5 cm³/mol. The molecule has 0 unspecified atom stereocenters. The number of nitrogens with one attached hydrogen (secondary N) is 1. The fraction of sp³-hybridized carbons (Fsp3) is 0.429. The Bertz CT molecular complexity index is 609. The summed E-state index contributed by atoms with van der Waals surface area (Å²) in [5, 5.41) is 31.7. The summed E-state index contributed by atoms with van der Waals surface area (Å²) in [4.78, 5) is 12.3. The first-order chi connectivity index (χ1) is 10.1. The molecule has 1 N–H and O–H groups in total. The zero-order valence-corrected chi connectivity index (χ0v) is 11.5. The van der Waals surface area contributed by atoms with E-state index >= 15 is 0 Å². The topological polar surface area (TPSA) is 106 Å². The van der Waals surface area contributed by atoms with E-state index in [0.29, 0.717) is 6.54 Å². The van der Waals surface area contributed by atoms with Crippen LogP contribution in [0.25, 0.3) is 0 Å². The number of rotatable bonds is 4. The van der Waals surface area contributed by atoms with E-state index in [2.05, 4.69) is 16.3 Å².